The van der Waals surface area contributed by atoms with E-state index in [0.29, 0.717) is 29.7 Å². The molecule has 59 heavy (non-hydrogen) atoms. The van der Waals surface area contributed by atoms with Crippen LogP contribution in [0.25, 0.3) is 0 Å². The monoisotopic (exact) mass is 857 g/mol. The maximum atomic E-state index is 12.7. The van der Waals surface area contributed by atoms with Crippen molar-refractivity contribution in [2.45, 2.75) is 225 Å². The highest BCUT2D eigenvalue weighted by atomic mass is 31.2. The maximum Gasteiger partial charge on any atom is 0.472 e. The highest BCUT2D eigenvalue weighted by Gasteiger charge is 2.36. The zero-order chi connectivity index (χ0) is 43.3. The van der Waals surface area contributed by atoms with Crippen LogP contribution < -0.4 is 0 Å². The Morgan fingerprint density at radius 1 is 0.610 bits per heavy atom. The van der Waals surface area contributed by atoms with Gasteiger partial charge in [-0.15, -0.1) is 0 Å². The summed E-state index contributed by atoms with van der Waals surface area (Å²) in [6, 6.07) is 0. The van der Waals surface area contributed by atoms with Crippen molar-refractivity contribution >= 4 is 19.8 Å². The van der Waals surface area contributed by atoms with Crippen LogP contribution in [0.5, 0.6) is 0 Å². The van der Waals surface area contributed by atoms with Crippen LogP contribution in [-0.4, -0.2) is 87.1 Å². The summed E-state index contributed by atoms with van der Waals surface area (Å²) in [5, 5.41) is 0. The first-order valence-electron chi connectivity index (χ1n) is 24.2. The Labute approximate surface area is 362 Å². The summed E-state index contributed by atoms with van der Waals surface area (Å²) >= 11 is 0. The van der Waals surface area contributed by atoms with Gasteiger partial charge in [-0.05, 0) is 64.2 Å². The number of phosphoric ester groups is 1. The van der Waals surface area contributed by atoms with E-state index >= 15 is 0 Å². The van der Waals surface area contributed by atoms with Crippen molar-refractivity contribution in [3.63, 3.8) is 0 Å². The topological polar surface area (TPSA) is 121 Å². The first-order chi connectivity index (χ1) is 28.5. The van der Waals surface area contributed by atoms with Gasteiger partial charge in [-0.1, -0.05) is 154 Å². The lowest BCUT2D eigenvalue weighted by atomic mass is 10.1. The second-order valence-corrected chi connectivity index (χ2v) is 19.3. The standard InChI is InChI=1S/C48H90NO9P/c1-6-8-10-11-12-13-14-15-16-17-18-19-20-21-22-23-27-30-34-38-47(50)54-42-44(43-56-59(52,53)55-41-40-49(3,4)5)57-48(51)39-35-31-28-25-24-26-29-33-37-46-45(58-46)36-32-9-7-2/h15-16,29,33,44-46H,6-14,17-28,30-32,34-43H2,1-5H3/p+1/b16-15-,33-29-/t44-,45?,46?/m1/s1. The molecule has 4 atom stereocenters. The normalized spacial score (nSPS) is 17.1. The molecule has 1 rings (SSSR count). The van der Waals surface area contributed by atoms with E-state index < -0.39 is 26.5 Å². The van der Waals surface area contributed by atoms with Crippen LogP contribution in [0.2, 0.25) is 0 Å². The van der Waals surface area contributed by atoms with Gasteiger partial charge in [-0.3, -0.25) is 18.6 Å². The molecule has 1 fully saturated rings. The van der Waals surface area contributed by atoms with Crippen LogP contribution in [-0.2, 0) is 37.4 Å². The number of carbonyl (C=O) groups excluding carboxylic acids is 2. The van der Waals surface area contributed by atoms with Gasteiger partial charge < -0.3 is 23.6 Å². The number of allylic oxidation sites excluding steroid dienone is 3. The third-order valence-electron chi connectivity index (χ3n) is 10.9. The molecule has 0 aromatic carbocycles. The molecule has 0 spiro atoms. The van der Waals surface area contributed by atoms with Gasteiger partial charge in [0.25, 0.3) is 0 Å². The summed E-state index contributed by atoms with van der Waals surface area (Å²) in [6.07, 6.45) is 42.5. The van der Waals surface area contributed by atoms with Crippen LogP contribution >= 0.6 is 7.82 Å². The number of carbonyl (C=O) groups is 2. The molecule has 346 valence electrons. The lowest BCUT2D eigenvalue weighted by molar-refractivity contribution is -0.870. The molecule has 0 bridgehead atoms. The number of hydrogen-bond acceptors (Lipinski definition) is 8. The van der Waals surface area contributed by atoms with E-state index in [1.807, 2.05) is 21.1 Å². The SMILES string of the molecule is CCCCCCCC/C=C\CCCCCCCCCCCC(=O)OC[C@H](COP(=O)(O)OCC[N+](C)(C)C)OC(=O)CCCCCCC/C=C\CC1OC1CCCCC. The van der Waals surface area contributed by atoms with Gasteiger partial charge in [0.1, 0.15) is 19.8 Å². The van der Waals surface area contributed by atoms with Crippen molar-refractivity contribution in [1.29, 1.82) is 0 Å². The number of rotatable bonds is 43. The van der Waals surface area contributed by atoms with Crippen molar-refractivity contribution < 1.29 is 46.8 Å². The minimum absolute atomic E-state index is 0.0271. The molecule has 0 saturated carbocycles. The van der Waals surface area contributed by atoms with Gasteiger partial charge in [-0.2, -0.15) is 0 Å². The smallest absolute Gasteiger partial charge is 0.462 e. The fourth-order valence-electron chi connectivity index (χ4n) is 6.96. The molecule has 11 heteroatoms. The zero-order valence-corrected chi connectivity index (χ0v) is 39.6. The summed E-state index contributed by atoms with van der Waals surface area (Å²) in [6.45, 7) is 4.38. The van der Waals surface area contributed by atoms with Gasteiger partial charge in [0.05, 0.1) is 40.0 Å². The third kappa shape index (κ3) is 37.9. The number of esters is 2. The van der Waals surface area contributed by atoms with Crippen LogP contribution in [0.4, 0.5) is 0 Å². The van der Waals surface area contributed by atoms with Gasteiger partial charge in [0, 0.05) is 12.8 Å². The van der Waals surface area contributed by atoms with Crippen LogP contribution in [0.15, 0.2) is 24.3 Å². The molecule has 1 aliphatic heterocycles. The van der Waals surface area contributed by atoms with Gasteiger partial charge in [0.15, 0.2) is 6.10 Å². The number of ether oxygens (including phenoxy) is 3. The second-order valence-electron chi connectivity index (χ2n) is 17.9. The molecule has 0 aromatic rings. The molecule has 0 aromatic heterocycles. The van der Waals surface area contributed by atoms with Crippen molar-refractivity contribution in [2.24, 2.45) is 0 Å². The number of nitrogens with zero attached hydrogens (tertiary/aromatic N) is 1. The van der Waals surface area contributed by atoms with Gasteiger partial charge in [0.2, 0.25) is 0 Å². The molecule has 1 N–H and O–H groups in total. The average molecular weight is 857 g/mol. The van der Waals surface area contributed by atoms with E-state index in [-0.39, 0.29) is 32.0 Å². The minimum Gasteiger partial charge on any atom is -0.462 e. The fourth-order valence-corrected chi connectivity index (χ4v) is 7.70. The number of unbranched alkanes of at least 4 members (excludes halogenated alkanes) is 22. The van der Waals surface area contributed by atoms with E-state index in [1.165, 1.54) is 116 Å². The Hall–Kier alpha value is -1.55. The van der Waals surface area contributed by atoms with Crippen molar-refractivity contribution in [3.8, 4) is 0 Å². The number of phosphoric acid groups is 1. The first-order valence-corrected chi connectivity index (χ1v) is 25.7. The highest BCUT2D eigenvalue weighted by Crippen LogP contribution is 2.43. The average Bonchev–Trinajstić information content (AvgIpc) is 3.94. The number of epoxide rings is 1. The lowest BCUT2D eigenvalue weighted by Crippen LogP contribution is -2.37. The number of hydrogen-bond donors (Lipinski definition) is 1. The predicted molar refractivity (Wildman–Crippen MR) is 242 cm³/mol. The Kier molecular flexibility index (Phi) is 34.8. The van der Waals surface area contributed by atoms with Gasteiger partial charge in [-0.25, -0.2) is 4.57 Å². The van der Waals surface area contributed by atoms with Crippen LogP contribution in [0, 0.1) is 0 Å². The molecule has 0 amide bonds. The predicted octanol–water partition coefficient (Wildman–Crippen LogP) is 12.9. The van der Waals surface area contributed by atoms with Crippen LogP contribution in [0.1, 0.15) is 206 Å². The zero-order valence-electron chi connectivity index (χ0n) is 38.7. The molecule has 1 saturated heterocycles. The van der Waals surface area contributed by atoms with E-state index in [9.17, 15) is 19.0 Å². The molecule has 1 aliphatic rings. The first kappa shape index (κ1) is 55.5. The Bertz CT molecular complexity index is 1120. The van der Waals surface area contributed by atoms with E-state index in [1.54, 1.807) is 0 Å². The number of likely N-dealkylation sites (N-methyl/N-ethyl adjacent to an activating group) is 1. The van der Waals surface area contributed by atoms with E-state index in [4.69, 9.17) is 23.3 Å². The van der Waals surface area contributed by atoms with E-state index in [2.05, 4.69) is 38.2 Å². The summed E-state index contributed by atoms with van der Waals surface area (Å²) in [4.78, 5) is 35.5. The molecule has 10 nitrogen and oxygen atoms in total. The molecular formula is C48H91NO9P+. The summed E-state index contributed by atoms with van der Waals surface area (Å²) in [7, 11) is 1.46. The fraction of sp³-hybridized carbons (Fsp3) is 0.875. The third-order valence-corrected chi connectivity index (χ3v) is 11.9. The molecular weight excluding hydrogens is 765 g/mol. The van der Waals surface area contributed by atoms with E-state index in [0.717, 1.165) is 57.8 Å². The Morgan fingerprint density at radius 3 is 1.63 bits per heavy atom. The maximum absolute atomic E-state index is 12.7. The molecule has 3 unspecified atom stereocenters. The molecule has 0 aliphatic carbocycles. The number of quaternary nitrogens is 1. The summed E-state index contributed by atoms with van der Waals surface area (Å²) < 4.78 is 40.1. The Balaban J connectivity index is 2.23. The summed E-state index contributed by atoms with van der Waals surface area (Å²) in [5.74, 6) is -0.817. The Morgan fingerprint density at radius 2 is 1.08 bits per heavy atom. The lowest BCUT2D eigenvalue weighted by Gasteiger charge is -2.24. The van der Waals surface area contributed by atoms with Crippen LogP contribution in [0.3, 0.4) is 0 Å². The minimum atomic E-state index is -4.38. The highest BCUT2D eigenvalue weighted by molar-refractivity contribution is 7.47. The quantitative estimate of drug-likeness (QED) is 0.0159. The van der Waals surface area contributed by atoms with Crippen molar-refractivity contribution in [1.82, 2.24) is 0 Å². The summed E-state index contributed by atoms with van der Waals surface area (Å²) in [5.41, 5.74) is 0. The molecule has 1 heterocycles. The largest absolute Gasteiger partial charge is 0.472 e. The van der Waals surface area contributed by atoms with Gasteiger partial charge >= 0.3 is 19.8 Å². The molecule has 0 radical (unpaired) electrons. The van der Waals surface area contributed by atoms with Crippen molar-refractivity contribution in [3.05, 3.63) is 24.3 Å². The second kappa shape index (κ2) is 37.0. The van der Waals surface area contributed by atoms with Crippen molar-refractivity contribution in [2.75, 3.05) is 47.5 Å².